The molecule has 0 bridgehead atoms. The van der Waals surface area contributed by atoms with Crippen molar-refractivity contribution in [3.63, 3.8) is 0 Å². The van der Waals surface area contributed by atoms with Crippen molar-refractivity contribution < 1.29 is 0 Å². The molecule has 0 saturated carbocycles. The second-order valence-corrected chi connectivity index (χ2v) is 6.36. The van der Waals surface area contributed by atoms with Crippen LogP contribution in [0, 0.1) is 6.92 Å². The molecule has 0 aliphatic carbocycles. The van der Waals surface area contributed by atoms with E-state index in [-0.39, 0.29) is 0 Å². The Morgan fingerprint density at radius 3 is 2.68 bits per heavy atom. The van der Waals surface area contributed by atoms with Crippen LogP contribution >= 0.6 is 0 Å². The highest BCUT2D eigenvalue weighted by atomic mass is 15.3. The number of nitrogens with zero attached hydrogens (tertiary/aromatic N) is 5. The monoisotopic (exact) mass is 327 g/mol. The number of aromatic nitrogens is 4. The molecule has 2 aromatic carbocycles. The van der Waals surface area contributed by atoms with Crippen molar-refractivity contribution in [2.24, 2.45) is 0 Å². The number of hydrogen-bond donors (Lipinski definition) is 0. The maximum atomic E-state index is 4.57. The van der Waals surface area contributed by atoms with Crippen LogP contribution in [0.2, 0.25) is 0 Å². The van der Waals surface area contributed by atoms with Gasteiger partial charge in [0.25, 0.3) is 0 Å². The Labute approximate surface area is 145 Å². The van der Waals surface area contributed by atoms with Crippen LogP contribution in [-0.4, -0.2) is 26.3 Å². The number of anilines is 2. The minimum atomic E-state index is 0.832. The van der Waals surface area contributed by atoms with Crippen molar-refractivity contribution in [3.05, 3.63) is 72.2 Å². The summed E-state index contributed by atoms with van der Waals surface area (Å²) in [6.07, 6.45) is 4.53. The first kappa shape index (κ1) is 14.2. The van der Waals surface area contributed by atoms with E-state index in [0.29, 0.717) is 0 Å². The molecule has 0 unspecified atom stereocenters. The van der Waals surface area contributed by atoms with Crippen molar-refractivity contribution in [3.8, 4) is 5.69 Å². The molecule has 0 radical (unpaired) electrons. The number of aryl methyl sites for hydroxylation is 1. The highest BCUT2D eigenvalue weighted by Gasteiger charge is 2.23. The summed E-state index contributed by atoms with van der Waals surface area (Å²) in [6, 6.07) is 16.8. The van der Waals surface area contributed by atoms with Gasteiger partial charge in [0.05, 0.1) is 17.3 Å². The number of hydrogen-bond acceptors (Lipinski definition) is 4. The minimum absolute atomic E-state index is 0.832. The number of rotatable bonds is 2. The van der Waals surface area contributed by atoms with Crippen LogP contribution in [0.15, 0.2) is 61.1 Å². The van der Waals surface area contributed by atoms with E-state index in [4.69, 9.17) is 0 Å². The summed E-state index contributed by atoms with van der Waals surface area (Å²) in [5.41, 5.74) is 5.65. The topological polar surface area (TPSA) is 46.8 Å². The number of benzene rings is 2. The predicted molar refractivity (Wildman–Crippen MR) is 98.5 cm³/mol. The van der Waals surface area contributed by atoms with Crippen LogP contribution in [0.4, 0.5) is 11.5 Å². The first-order chi connectivity index (χ1) is 12.3. The predicted octanol–water partition coefficient (Wildman–Crippen LogP) is 3.82. The third kappa shape index (κ3) is 2.20. The molecular weight excluding hydrogens is 310 g/mol. The zero-order valence-corrected chi connectivity index (χ0v) is 13.9. The Balaban J connectivity index is 1.66. The quantitative estimate of drug-likeness (QED) is 0.561. The first-order valence-electron chi connectivity index (χ1n) is 8.42. The van der Waals surface area contributed by atoms with E-state index in [1.807, 2.05) is 10.9 Å². The second kappa shape index (κ2) is 5.41. The van der Waals surface area contributed by atoms with Crippen molar-refractivity contribution in [1.82, 2.24) is 19.7 Å². The molecular formula is C20H17N5. The Bertz CT molecular complexity index is 1070. The normalized spacial score (nSPS) is 13.4. The first-order valence-corrected chi connectivity index (χ1v) is 8.42. The van der Waals surface area contributed by atoms with Gasteiger partial charge in [-0.25, -0.2) is 14.6 Å². The van der Waals surface area contributed by atoms with Gasteiger partial charge < -0.3 is 4.90 Å². The van der Waals surface area contributed by atoms with E-state index in [0.717, 1.165) is 35.5 Å². The fraction of sp³-hybridized carbons (Fsp3) is 0.150. The third-order valence-electron chi connectivity index (χ3n) is 4.77. The molecule has 0 atom stereocenters. The molecule has 122 valence electrons. The Hall–Kier alpha value is -3.21. The Morgan fingerprint density at radius 1 is 0.960 bits per heavy atom. The third-order valence-corrected chi connectivity index (χ3v) is 4.77. The molecule has 2 aromatic heterocycles. The lowest BCUT2D eigenvalue weighted by molar-refractivity contribution is 0.893. The van der Waals surface area contributed by atoms with Gasteiger partial charge in [0, 0.05) is 12.2 Å². The average molecular weight is 327 g/mol. The Kier molecular flexibility index (Phi) is 3.06. The SMILES string of the molecule is Cc1ccc(-n2ncc3c(N4CCc5ccccc54)ncnc32)cc1. The van der Waals surface area contributed by atoms with Gasteiger partial charge in [-0.05, 0) is 37.1 Å². The highest BCUT2D eigenvalue weighted by molar-refractivity contribution is 5.90. The number of para-hydroxylation sites is 1. The van der Waals surface area contributed by atoms with Crippen molar-refractivity contribution >= 4 is 22.5 Å². The van der Waals surface area contributed by atoms with E-state index in [2.05, 4.69) is 75.4 Å². The molecule has 5 nitrogen and oxygen atoms in total. The van der Waals surface area contributed by atoms with Crippen LogP contribution in [0.3, 0.4) is 0 Å². The molecule has 4 aromatic rings. The van der Waals surface area contributed by atoms with Gasteiger partial charge in [-0.15, -0.1) is 0 Å². The molecule has 0 spiro atoms. The van der Waals surface area contributed by atoms with Crippen molar-refractivity contribution in [1.29, 1.82) is 0 Å². The maximum Gasteiger partial charge on any atom is 0.168 e. The molecule has 1 aliphatic rings. The smallest absolute Gasteiger partial charge is 0.168 e. The van der Waals surface area contributed by atoms with Crippen LogP contribution in [0.1, 0.15) is 11.1 Å². The van der Waals surface area contributed by atoms with Crippen molar-refractivity contribution in [2.45, 2.75) is 13.3 Å². The van der Waals surface area contributed by atoms with Gasteiger partial charge in [0.1, 0.15) is 12.1 Å². The van der Waals surface area contributed by atoms with Crippen LogP contribution < -0.4 is 4.90 Å². The van der Waals surface area contributed by atoms with Crippen molar-refractivity contribution in [2.75, 3.05) is 11.4 Å². The average Bonchev–Trinajstić information content (AvgIpc) is 3.26. The molecule has 3 heterocycles. The molecule has 0 N–H and O–H groups in total. The second-order valence-electron chi connectivity index (χ2n) is 6.36. The maximum absolute atomic E-state index is 4.57. The lowest BCUT2D eigenvalue weighted by Gasteiger charge is -2.18. The van der Waals surface area contributed by atoms with E-state index < -0.39 is 0 Å². The summed E-state index contributed by atoms with van der Waals surface area (Å²) in [6.45, 7) is 3.01. The lowest BCUT2D eigenvalue weighted by atomic mass is 10.2. The summed E-state index contributed by atoms with van der Waals surface area (Å²) in [5, 5.41) is 5.54. The molecule has 0 saturated heterocycles. The zero-order chi connectivity index (χ0) is 16.8. The molecule has 5 heteroatoms. The largest absolute Gasteiger partial charge is 0.325 e. The van der Waals surface area contributed by atoms with E-state index in [1.165, 1.54) is 16.8 Å². The summed E-state index contributed by atoms with van der Waals surface area (Å²) in [5.74, 6) is 0.924. The zero-order valence-electron chi connectivity index (χ0n) is 13.9. The molecule has 5 rings (SSSR count). The van der Waals surface area contributed by atoms with Gasteiger partial charge in [-0.2, -0.15) is 5.10 Å². The summed E-state index contributed by atoms with van der Waals surface area (Å²) in [4.78, 5) is 11.3. The molecule has 0 amide bonds. The van der Waals surface area contributed by atoms with Gasteiger partial charge in [0.2, 0.25) is 0 Å². The van der Waals surface area contributed by atoms with Crippen LogP contribution in [-0.2, 0) is 6.42 Å². The molecule has 1 aliphatic heterocycles. The highest BCUT2D eigenvalue weighted by Crippen LogP contribution is 2.36. The van der Waals surface area contributed by atoms with E-state index in [1.54, 1.807) is 6.33 Å². The lowest BCUT2D eigenvalue weighted by Crippen LogP contribution is -2.15. The minimum Gasteiger partial charge on any atom is -0.325 e. The fourth-order valence-electron chi connectivity index (χ4n) is 3.48. The molecule has 0 fully saturated rings. The van der Waals surface area contributed by atoms with Crippen LogP contribution in [0.25, 0.3) is 16.7 Å². The van der Waals surface area contributed by atoms with E-state index in [9.17, 15) is 0 Å². The van der Waals surface area contributed by atoms with Gasteiger partial charge in [-0.1, -0.05) is 35.9 Å². The summed E-state index contributed by atoms with van der Waals surface area (Å²) < 4.78 is 1.88. The number of fused-ring (bicyclic) bond motifs is 2. The summed E-state index contributed by atoms with van der Waals surface area (Å²) in [7, 11) is 0. The van der Waals surface area contributed by atoms with Gasteiger partial charge in [-0.3, -0.25) is 0 Å². The van der Waals surface area contributed by atoms with Gasteiger partial charge in [0.15, 0.2) is 5.65 Å². The summed E-state index contributed by atoms with van der Waals surface area (Å²) >= 11 is 0. The Morgan fingerprint density at radius 2 is 1.80 bits per heavy atom. The standard InChI is InChI=1S/C20H17N5/c1-14-6-8-16(9-7-14)25-20-17(12-23-25)19(21-13-22-20)24-11-10-15-4-2-3-5-18(15)24/h2-9,12-13H,10-11H2,1H3. The fourth-order valence-corrected chi connectivity index (χ4v) is 3.48. The van der Waals surface area contributed by atoms with E-state index >= 15 is 0 Å². The molecule has 25 heavy (non-hydrogen) atoms. The van der Waals surface area contributed by atoms with Gasteiger partial charge >= 0.3 is 0 Å². The van der Waals surface area contributed by atoms with Crippen LogP contribution in [0.5, 0.6) is 0 Å².